The van der Waals surface area contributed by atoms with Gasteiger partial charge in [0, 0.05) is 12.1 Å². The topological polar surface area (TPSA) is 71.3 Å². The van der Waals surface area contributed by atoms with Crippen molar-refractivity contribution in [3.8, 4) is 0 Å². The largest absolute Gasteiger partial charge is 0.417 e. The normalized spacial score (nSPS) is 13.1. The molecule has 1 aromatic heterocycles. The van der Waals surface area contributed by atoms with Gasteiger partial charge in [0.15, 0.2) is 5.82 Å². The maximum atomic E-state index is 12.9. The zero-order chi connectivity index (χ0) is 19.5. The van der Waals surface area contributed by atoms with Gasteiger partial charge in [-0.3, -0.25) is 9.69 Å². The van der Waals surface area contributed by atoms with Gasteiger partial charge in [-0.1, -0.05) is 23.7 Å². The summed E-state index contributed by atoms with van der Waals surface area (Å²) in [4.78, 5) is 18.0. The molecule has 26 heavy (non-hydrogen) atoms. The number of hydrogen-bond acceptors (Lipinski definition) is 5. The van der Waals surface area contributed by atoms with Crippen LogP contribution in [-0.2, 0) is 17.4 Å². The summed E-state index contributed by atoms with van der Waals surface area (Å²) in [5, 5.41) is 5.80. The predicted octanol–water partition coefficient (Wildman–Crippen LogP) is 3.94. The lowest BCUT2D eigenvalue weighted by Crippen LogP contribution is -2.32. The highest BCUT2D eigenvalue weighted by molar-refractivity contribution is 6.31. The second-order valence-corrected chi connectivity index (χ2v) is 6.14. The van der Waals surface area contributed by atoms with Crippen LogP contribution in [0.1, 0.15) is 37.2 Å². The number of anilines is 1. The SMILES string of the molecule is CCc1noc([C@@H](C)N(C)CC(=O)Nc2ccc(Cl)c(C(F)(F)F)c2)n1. The summed E-state index contributed by atoms with van der Waals surface area (Å²) in [6, 6.07) is 2.88. The molecule has 1 amide bonds. The van der Waals surface area contributed by atoms with Gasteiger partial charge in [-0.2, -0.15) is 18.2 Å². The van der Waals surface area contributed by atoms with Crippen molar-refractivity contribution in [1.29, 1.82) is 0 Å². The molecule has 0 unspecified atom stereocenters. The molecule has 1 heterocycles. The molecule has 0 saturated carbocycles. The van der Waals surface area contributed by atoms with Crippen LogP contribution < -0.4 is 5.32 Å². The summed E-state index contributed by atoms with van der Waals surface area (Å²) in [6.45, 7) is 3.59. The third-order valence-corrected chi connectivity index (χ3v) is 4.10. The summed E-state index contributed by atoms with van der Waals surface area (Å²) in [5.74, 6) is 0.443. The summed E-state index contributed by atoms with van der Waals surface area (Å²) in [5.41, 5.74) is -0.990. The minimum Gasteiger partial charge on any atom is -0.338 e. The molecule has 2 aromatic rings. The lowest BCUT2D eigenvalue weighted by atomic mass is 10.2. The van der Waals surface area contributed by atoms with Gasteiger partial charge in [-0.15, -0.1) is 0 Å². The number of halogens is 4. The minimum atomic E-state index is -4.60. The number of benzene rings is 1. The van der Waals surface area contributed by atoms with E-state index in [0.29, 0.717) is 18.1 Å². The van der Waals surface area contributed by atoms with Crippen molar-refractivity contribution in [2.45, 2.75) is 32.5 Å². The van der Waals surface area contributed by atoms with Crippen molar-refractivity contribution in [1.82, 2.24) is 15.0 Å². The number of aromatic nitrogens is 2. The van der Waals surface area contributed by atoms with Crippen LogP contribution >= 0.6 is 11.6 Å². The van der Waals surface area contributed by atoms with Gasteiger partial charge in [0.25, 0.3) is 0 Å². The highest BCUT2D eigenvalue weighted by Gasteiger charge is 2.33. The lowest BCUT2D eigenvalue weighted by molar-refractivity contribution is -0.137. The number of nitrogens with zero attached hydrogens (tertiary/aromatic N) is 3. The Morgan fingerprint density at radius 2 is 2.12 bits per heavy atom. The third kappa shape index (κ3) is 4.95. The predicted molar refractivity (Wildman–Crippen MR) is 89.8 cm³/mol. The van der Waals surface area contributed by atoms with E-state index in [9.17, 15) is 18.0 Å². The fourth-order valence-corrected chi connectivity index (χ4v) is 2.38. The average Bonchev–Trinajstić information content (AvgIpc) is 3.03. The Hall–Kier alpha value is -2.13. The Labute approximate surface area is 153 Å². The number of carbonyl (C=O) groups excluding carboxylic acids is 1. The van der Waals surface area contributed by atoms with Crippen molar-refractivity contribution in [2.24, 2.45) is 0 Å². The quantitative estimate of drug-likeness (QED) is 0.809. The summed E-state index contributed by atoms with van der Waals surface area (Å²) in [6.07, 6.45) is -3.98. The molecule has 142 valence electrons. The highest BCUT2D eigenvalue weighted by atomic mass is 35.5. The molecule has 1 N–H and O–H groups in total. The maximum Gasteiger partial charge on any atom is 0.417 e. The van der Waals surface area contributed by atoms with Crippen molar-refractivity contribution in [3.63, 3.8) is 0 Å². The lowest BCUT2D eigenvalue weighted by Gasteiger charge is -2.21. The Kier molecular flexibility index (Phi) is 6.25. The number of carbonyl (C=O) groups is 1. The van der Waals surface area contributed by atoms with Gasteiger partial charge < -0.3 is 9.84 Å². The van der Waals surface area contributed by atoms with Gasteiger partial charge >= 0.3 is 6.18 Å². The molecule has 0 aliphatic rings. The van der Waals surface area contributed by atoms with E-state index in [-0.39, 0.29) is 18.3 Å². The van der Waals surface area contributed by atoms with Gasteiger partial charge in [0.05, 0.1) is 23.2 Å². The molecule has 10 heteroatoms. The van der Waals surface area contributed by atoms with Gasteiger partial charge in [0.2, 0.25) is 11.8 Å². The van der Waals surface area contributed by atoms with Crippen LogP contribution in [0.5, 0.6) is 0 Å². The third-order valence-electron chi connectivity index (χ3n) is 3.77. The molecule has 1 atom stereocenters. The van der Waals surface area contributed by atoms with Gasteiger partial charge in [-0.05, 0) is 32.2 Å². The van der Waals surface area contributed by atoms with E-state index >= 15 is 0 Å². The fourth-order valence-electron chi connectivity index (χ4n) is 2.15. The van der Waals surface area contributed by atoms with E-state index in [1.165, 1.54) is 6.07 Å². The van der Waals surface area contributed by atoms with Crippen molar-refractivity contribution in [3.05, 3.63) is 40.5 Å². The zero-order valence-corrected chi connectivity index (χ0v) is 15.1. The molecule has 0 saturated heterocycles. The Morgan fingerprint density at radius 3 is 2.69 bits per heavy atom. The molecule has 6 nitrogen and oxygen atoms in total. The van der Waals surface area contributed by atoms with E-state index in [0.717, 1.165) is 12.1 Å². The van der Waals surface area contributed by atoms with Crippen LogP contribution in [0.25, 0.3) is 0 Å². The summed E-state index contributed by atoms with van der Waals surface area (Å²) in [7, 11) is 1.67. The molecule has 0 aliphatic heterocycles. The highest BCUT2D eigenvalue weighted by Crippen LogP contribution is 2.36. The molecule has 0 spiro atoms. The maximum absolute atomic E-state index is 12.9. The van der Waals surface area contributed by atoms with Crippen LogP contribution in [0.3, 0.4) is 0 Å². The monoisotopic (exact) mass is 390 g/mol. The van der Waals surface area contributed by atoms with Crippen LogP contribution in [0.15, 0.2) is 22.7 Å². The zero-order valence-electron chi connectivity index (χ0n) is 14.4. The Morgan fingerprint density at radius 1 is 1.42 bits per heavy atom. The van der Waals surface area contributed by atoms with Gasteiger partial charge in [-0.25, -0.2) is 0 Å². The first-order valence-corrected chi connectivity index (χ1v) is 8.19. The molecular formula is C16H18ClF3N4O2. The standard InChI is InChI=1S/C16H18ClF3N4O2/c1-4-13-22-15(26-23-13)9(2)24(3)8-14(25)21-10-5-6-12(17)11(7-10)16(18,19)20/h5-7,9H,4,8H2,1-3H3,(H,21,25)/t9-/m1/s1. The first-order chi connectivity index (χ1) is 12.1. The number of amides is 1. The summed E-state index contributed by atoms with van der Waals surface area (Å²) < 4.78 is 43.7. The van der Waals surface area contributed by atoms with Crippen LogP contribution in [-0.4, -0.2) is 34.5 Å². The number of rotatable bonds is 6. The molecule has 2 rings (SSSR count). The molecule has 0 aliphatic carbocycles. The Balaban J connectivity index is 2.02. The molecule has 0 bridgehead atoms. The number of likely N-dealkylation sites (N-methyl/N-ethyl adjacent to an activating group) is 1. The van der Waals surface area contributed by atoms with E-state index in [2.05, 4.69) is 15.5 Å². The smallest absolute Gasteiger partial charge is 0.338 e. The molecule has 0 radical (unpaired) electrons. The summed E-state index contributed by atoms with van der Waals surface area (Å²) >= 11 is 5.56. The molecule has 0 fully saturated rings. The van der Waals surface area contributed by atoms with E-state index in [1.807, 2.05) is 6.92 Å². The first-order valence-electron chi connectivity index (χ1n) is 7.81. The minimum absolute atomic E-state index is 0.0128. The first kappa shape index (κ1) is 20.2. The average molecular weight is 391 g/mol. The van der Waals surface area contributed by atoms with Crippen molar-refractivity contribution < 1.29 is 22.5 Å². The Bertz CT molecular complexity index is 779. The van der Waals surface area contributed by atoms with Crippen LogP contribution in [0.4, 0.5) is 18.9 Å². The second-order valence-electron chi connectivity index (χ2n) is 5.73. The number of hydrogen-bond donors (Lipinski definition) is 1. The molecular weight excluding hydrogens is 373 g/mol. The molecule has 1 aromatic carbocycles. The number of aryl methyl sites for hydroxylation is 1. The van der Waals surface area contributed by atoms with Crippen LogP contribution in [0.2, 0.25) is 5.02 Å². The number of alkyl halides is 3. The van der Waals surface area contributed by atoms with Gasteiger partial charge in [0.1, 0.15) is 0 Å². The van der Waals surface area contributed by atoms with E-state index in [4.69, 9.17) is 16.1 Å². The second kappa shape index (κ2) is 8.05. The van der Waals surface area contributed by atoms with Crippen LogP contribution in [0, 0.1) is 0 Å². The van der Waals surface area contributed by atoms with Crippen molar-refractivity contribution in [2.75, 3.05) is 18.9 Å². The van der Waals surface area contributed by atoms with E-state index < -0.39 is 22.7 Å². The van der Waals surface area contributed by atoms with Crippen molar-refractivity contribution >= 4 is 23.2 Å². The number of nitrogens with one attached hydrogen (secondary N) is 1. The van der Waals surface area contributed by atoms with E-state index in [1.54, 1.807) is 18.9 Å². The fraction of sp³-hybridized carbons (Fsp3) is 0.438.